The fourth-order valence-electron chi connectivity index (χ4n) is 3.28. The summed E-state index contributed by atoms with van der Waals surface area (Å²) in [5.41, 5.74) is 1.88. The van der Waals surface area contributed by atoms with E-state index in [1.165, 1.54) is 40.5 Å². The van der Waals surface area contributed by atoms with Gasteiger partial charge in [-0.15, -0.1) is 11.3 Å². The van der Waals surface area contributed by atoms with Crippen molar-refractivity contribution in [3.05, 3.63) is 93.4 Å². The quantitative estimate of drug-likeness (QED) is 0.394. The first kappa shape index (κ1) is 18.1. The molecule has 4 nitrogen and oxygen atoms in total. The maximum atomic E-state index is 13.3. The van der Waals surface area contributed by atoms with Crippen molar-refractivity contribution in [2.45, 2.75) is 13.0 Å². The van der Waals surface area contributed by atoms with Crippen LogP contribution in [0.4, 0.5) is 10.1 Å². The van der Waals surface area contributed by atoms with E-state index >= 15 is 0 Å². The number of benzene rings is 2. The molecule has 1 aromatic heterocycles. The van der Waals surface area contributed by atoms with E-state index in [0.717, 1.165) is 10.4 Å². The Morgan fingerprint density at radius 1 is 1.04 bits per heavy atom. The van der Waals surface area contributed by atoms with Gasteiger partial charge in [-0.25, -0.2) is 4.39 Å². The fraction of sp³-hybridized carbons (Fsp3) is 0.0909. The molecule has 2 heterocycles. The molecule has 28 heavy (non-hydrogen) atoms. The molecule has 4 rings (SSSR count). The number of aryl methyl sites for hydroxylation is 1. The number of carbonyl (C=O) groups is 2. The Kier molecular flexibility index (Phi) is 4.57. The van der Waals surface area contributed by atoms with Crippen LogP contribution in [-0.4, -0.2) is 16.8 Å². The number of aliphatic hydroxyl groups excluding tert-OH is 1. The normalized spacial score (nSPS) is 18.6. The Morgan fingerprint density at radius 2 is 1.71 bits per heavy atom. The highest BCUT2D eigenvalue weighted by atomic mass is 32.1. The Hall–Kier alpha value is -3.25. The van der Waals surface area contributed by atoms with Crippen LogP contribution in [0.1, 0.15) is 22.0 Å². The van der Waals surface area contributed by atoms with E-state index in [1.807, 2.05) is 36.6 Å². The van der Waals surface area contributed by atoms with Gasteiger partial charge in [0.15, 0.2) is 0 Å². The van der Waals surface area contributed by atoms with E-state index in [0.29, 0.717) is 5.69 Å². The first-order chi connectivity index (χ1) is 13.5. The summed E-state index contributed by atoms with van der Waals surface area (Å²) in [5, 5.41) is 12.7. The highest BCUT2D eigenvalue weighted by Gasteiger charge is 2.47. The third-order valence-electron chi connectivity index (χ3n) is 4.69. The summed E-state index contributed by atoms with van der Waals surface area (Å²) in [4.78, 5) is 27.9. The molecule has 0 bridgehead atoms. The molecule has 1 atom stereocenters. The third-order valence-corrected chi connectivity index (χ3v) is 5.61. The van der Waals surface area contributed by atoms with Gasteiger partial charge < -0.3 is 5.11 Å². The summed E-state index contributed by atoms with van der Waals surface area (Å²) in [6.07, 6.45) is 0. The van der Waals surface area contributed by atoms with E-state index in [4.69, 9.17) is 0 Å². The lowest BCUT2D eigenvalue weighted by Gasteiger charge is -2.24. The predicted octanol–water partition coefficient (Wildman–Crippen LogP) is 4.82. The Balaban J connectivity index is 1.91. The molecule has 2 aromatic carbocycles. The first-order valence-corrected chi connectivity index (χ1v) is 9.52. The number of hydrogen-bond acceptors (Lipinski definition) is 4. The van der Waals surface area contributed by atoms with Crippen molar-refractivity contribution in [1.82, 2.24) is 0 Å². The summed E-state index contributed by atoms with van der Waals surface area (Å²) in [7, 11) is 0. The number of amides is 1. The zero-order chi connectivity index (χ0) is 19.8. The van der Waals surface area contributed by atoms with E-state index in [-0.39, 0.29) is 16.9 Å². The molecule has 3 aromatic rings. The lowest BCUT2D eigenvalue weighted by Crippen LogP contribution is -2.29. The van der Waals surface area contributed by atoms with Crippen LogP contribution in [0.2, 0.25) is 0 Å². The predicted molar refractivity (Wildman–Crippen MR) is 107 cm³/mol. The van der Waals surface area contributed by atoms with E-state index in [9.17, 15) is 19.1 Å². The van der Waals surface area contributed by atoms with Gasteiger partial charge in [0.2, 0.25) is 0 Å². The number of thiophene rings is 1. The molecule has 0 radical (unpaired) electrons. The molecule has 1 amide bonds. The number of ketones is 1. The van der Waals surface area contributed by atoms with Crippen molar-refractivity contribution in [3.8, 4) is 0 Å². The number of rotatable bonds is 3. The molecule has 6 heteroatoms. The van der Waals surface area contributed by atoms with Gasteiger partial charge in [0, 0.05) is 16.1 Å². The van der Waals surface area contributed by atoms with Crippen LogP contribution in [0.15, 0.2) is 71.6 Å². The van der Waals surface area contributed by atoms with E-state index in [1.54, 1.807) is 12.1 Å². The van der Waals surface area contributed by atoms with Gasteiger partial charge in [0.05, 0.1) is 5.57 Å². The zero-order valence-electron chi connectivity index (χ0n) is 14.9. The molecule has 1 fully saturated rings. The summed E-state index contributed by atoms with van der Waals surface area (Å²) >= 11 is 1.39. The van der Waals surface area contributed by atoms with Crippen LogP contribution >= 0.6 is 11.3 Å². The fourth-order valence-corrected chi connectivity index (χ4v) is 4.11. The maximum Gasteiger partial charge on any atom is 0.300 e. The standard InChI is InChI=1S/C22H16FNO3S/c1-13-4-10-16(11-5-13)24-19(17-3-2-12-28-17)18(21(26)22(24)27)20(25)14-6-8-15(23)9-7-14/h2-12,19,25H,1H3/b20-18-. The van der Waals surface area contributed by atoms with Gasteiger partial charge in [0.1, 0.15) is 17.6 Å². The minimum absolute atomic E-state index is 0.000340. The Morgan fingerprint density at radius 3 is 2.32 bits per heavy atom. The van der Waals surface area contributed by atoms with Gasteiger partial charge in [-0.05, 0) is 54.8 Å². The van der Waals surface area contributed by atoms with Crippen LogP contribution in [0.3, 0.4) is 0 Å². The van der Waals surface area contributed by atoms with Crippen molar-refractivity contribution in [1.29, 1.82) is 0 Å². The average Bonchev–Trinajstić information content (AvgIpc) is 3.30. The van der Waals surface area contributed by atoms with Gasteiger partial charge in [-0.2, -0.15) is 0 Å². The van der Waals surface area contributed by atoms with Gasteiger partial charge in [-0.1, -0.05) is 23.8 Å². The second-order valence-electron chi connectivity index (χ2n) is 6.53. The number of hydrogen-bond donors (Lipinski definition) is 1. The smallest absolute Gasteiger partial charge is 0.300 e. The lowest BCUT2D eigenvalue weighted by atomic mass is 9.99. The second kappa shape index (κ2) is 7.05. The lowest BCUT2D eigenvalue weighted by molar-refractivity contribution is -0.132. The second-order valence-corrected chi connectivity index (χ2v) is 7.51. The molecule has 0 spiro atoms. The van der Waals surface area contributed by atoms with Crippen molar-refractivity contribution >= 4 is 34.5 Å². The maximum absolute atomic E-state index is 13.3. The molecule has 0 saturated carbocycles. The summed E-state index contributed by atoms with van der Waals surface area (Å²) in [6.45, 7) is 1.93. The van der Waals surface area contributed by atoms with Crippen LogP contribution in [-0.2, 0) is 9.59 Å². The highest BCUT2D eigenvalue weighted by molar-refractivity contribution is 7.10. The minimum Gasteiger partial charge on any atom is -0.507 e. The number of halogens is 1. The van der Waals surface area contributed by atoms with Crippen molar-refractivity contribution in [2.75, 3.05) is 4.90 Å². The van der Waals surface area contributed by atoms with Crippen molar-refractivity contribution < 1.29 is 19.1 Å². The van der Waals surface area contributed by atoms with Gasteiger partial charge >= 0.3 is 0 Å². The molecule has 1 saturated heterocycles. The average molecular weight is 393 g/mol. The third kappa shape index (κ3) is 3.01. The number of carbonyl (C=O) groups excluding carboxylic acids is 2. The minimum atomic E-state index is -0.763. The number of nitrogens with zero attached hydrogens (tertiary/aromatic N) is 1. The first-order valence-electron chi connectivity index (χ1n) is 8.64. The van der Waals surface area contributed by atoms with Crippen LogP contribution < -0.4 is 4.90 Å². The molecule has 1 aliphatic heterocycles. The Labute approximate surface area is 165 Å². The van der Waals surface area contributed by atoms with Crippen LogP contribution in [0.5, 0.6) is 0 Å². The monoisotopic (exact) mass is 393 g/mol. The van der Waals surface area contributed by atoms with Gasteiger partial charge in [-0.3, -0.25) is 14.5 Å². The van der Waals surface area contributed by atoms with Crippen LogP contribution in [0, 0.1) is 12.7 Å². The molecular formula is C22H16FNO3S. The number of Topliss-reactive ketones (excluding diaryl/α,β-unsaturated/α-hetero) is 1. The van der Waals surface area contributed by atoms with Gasteiger partial charge in [0.25, 0.3) is 11.7 Å². The molecule has 140 valence electrons. The number of anilines is 1. The van der Waals surface area contributed by atoms with E-state index in [2.05, 4.69) is 0 Å². The topological polar surface area (TPSA) is 57.6 Å². The van der Waals surface area contributed by atoms with Crippen molar-refractivity contribution in [2.24, 2.45) is 0 Å². The molecular weight excluding hydrogens is 377 g/mol. The highest BCUT2D eigenvalue weighted by Crippen LogP contribution is 2.43. The number of aliphatic hydroxyl groups is 1. The Bertz CT molecular complexity index is 1070. The van der Waals surface area contributed by atoms with Crippen molar-refractivity contribution in [3.63, 3.8) is 0 Å². The largest absolute Gasteiger partial charge is 0.507 e. The summed E-state index contributed by atoms with van der Waals surface area (Å²) < 4.78 is 13.3. The summed E-state index contributed by atoms with van der Waals surface area (Å²) in [6, 6.07) is 15.3. The van der Waals surface area contributed by atoms with Crippen LogP contribution in [0.25, 0.3) is 5.76 Å². The molecule has 0 aliphatic carbocycles. The SMILES string of the molecule is Cc1ccc(N2C(=O)C(=O)/C(=C(\O)c3ccc(F)cc3)C2c2cccs2)cc1. The molecule has 1 aliphatic rings. The molecule has 1 N–H and O–H groups in total. The van der Waals surface area contributed by atoms with E-state index < -0.39 is 23.5 Å². The molecule has 1 unspecified atom stereocenters. The zero-order valence-corrected chi connectivity index (χ0v) is 15.7. The summed E-state index contributed by atoms with van der Waals surface area (Å²) in [5.74, 6) is -2.23.